The Bertz CT molecular complexity index is 443. The minimum atomic E-state index is -5.11. The molecule has 1 aromatic carbocycles. The van der Waals surface area contributed by atoms with Gasteiger partial charge in [-0.2, -0.15) is 26.3 Å². The Morgan fingerprint density at radius 2 is 1.53 bits per heavy atom. The molecule has 0 bridgehead atoms. The first-order valence-electron chi connectivity index (χ1n) is 4.42. The minimum Gasteiger partial charge on any atom is -0.258 e. The van der Waals surface area contributed by atoms with Gasteiger partial charge < -0.3 is 0 Å². The third kappa shape index (κ3) is 2.78. The van der Waals surface area contributed by atoms with E-state index >= 15 is 0 Å². The van der Waals surface area contributed by atoms with Gasteiger partial charge in [0.2, 0.25) is 0 Å². The van der Waals surface area contributed by atoms with Crippen molar-refractivity contribution in [3.63, 3.8) is 0 Å². The molecule has 0 saturated heterocycles. The second-order valence-electron chi connectivity index (χ2n) is 3.41. The zero-order chi connectivity index (χ0) is 13.4. The third-order valence-corrected chi connectivity index (χ3v) is 2.08. The van der Waals surface area contributed by atoms with Gasteiger partial charge in [0.15, 0.2) is 5.71 Å². The van der Waals surface area contributed by atoms with Crippen LogP contribution in [0.4, 0.5) is 26.3 Å². The Hall–Kier alpha value is -1.53. The van der Waals surface area contributed by atoms with Crippen molar-refractivity contribution in [3.8, 4) is 0 Å². The largest absolute Gasteiger partial charge is 0.417 e. The van der Waals surface area contributed by atoms with E-state index in [-0.39, 0.29) is 5.71 Å². The normalized spacial score (nSPS) is 12.6. The molecule has 0 atom stereocenters. The lowest BCUT2D eigenvalue weighted by Gasteiger charge is -2.17. The molecule has 0 spiro atoms. The molecule has 0 unspecified atom stereocenters. The zero-order valence-electron chi connectivity index (χ0n) is 8.58. The molecule has 94 valence electrons. The van der Waals surface area contributed by atoms with E-state index in [0.717, 1.165) is 19.1 Å². The standard InChI is InChI=1S/C10H7F6N/c1-5(17)6-3-2-4-7(9(11,12)13)8(6)10(14,15)16/h2-4,17H,1H3/p+1. The van der Waals surface area contributed by atoms with E-state index in [0.29, 0.717) is 6.07 Å². The molecule has 0 aliphatic rings. The number of alkyl halides is 6. The third-order valence-electron chi connectivity index (χ3n) is 2.08. The Kier molecular flexibility index (Phi) is 3.22. The average Bonchev–Trinajstić information content (AvgIpc) is 2.13. The lowest BCUT2D eigenvalue weighted by atomic mass is 9.97. The van der Waals surface area contributed by atoms with Crippen LogP contribution < -0.4 is 5.41 Å². The van der Waals surface area contributed by atoms with Crippen LogP contribution in [0.5, 0.6) is 0 Å². The molecule has 0 radical (unpaired) electrons. The fourth-order valence-corrected chi connectivity index (χ4v) is 1.42. The number of hydrogen-bond acceptors (Lipinski definition) is 0. The molecular formula is C10H8F6N+. The number of nitrogens with two attached hydrogens (primary N) is 1. The first kappa shape index (κ1) is 13.5. The van der Waals surface area contributed by atoms with Crippen LogP contribution in [0.3, 0.4) is 0 Å². The van der Waals surface area contributed by atoms with Crippen LogP contribution in [0.15, 0.2) is 18.2 Å². The summed E-state index contributed by atoms with van der Waals surface area (Å²) in [7, 11) is 0. The van der Waals surface area contributed by atoms with E-state index in [4.69, 9.17) is 5.41 Å². The van der Waals surface area contributed by atoms with Gasteiger partial charge in [0, 0.05) is 6.92 Å². The summed E-state index contributed by atoms with van der Waals surface area (Å²) in [5.41, 5.74) is -4.43. The van der Waals surface area contributed by atoms with Crippen LogP contribution in [0.2, 0.25) is 0 Å². The highest BCUT2D eigenvalue weighted by atomic mass is 19.4. The summed E-state index contributed by atoms with van der Waals surface area (Å²) in [5.74, 6) is 0. The molecule has 0 aromatic heterocycles. The second-order valence-corrected chi connectivity index (χ2v) is 3.41. The predicted molar refractivity (Wildman–Crippen MR) is 48.2 cm³/mol. The molecule has 7 heteroatoms. The van der Waals surface area contributed by atoms with E-state index in [2.05, 4.69) is 0 Å². The van der Waals surface area contributed by atoms with E-state index in [1.165, 1.54) is 0 Å². The first-order valence-corrected chi connectivity index (χ1v) is 4.42. The molecule has 0 fully saturated rings. The molecule has 0 aliphatic heterocycles. The molecule has 1 aromatic rings. The van der Waals surface area contributed by atoms with Crippen LogP contribution >= 0.6 is 0 Å². The van der Waals surface area contributed by atoms with Crippen molar-refractivity contribution < 1.29 is 31.8 Å². The lowest BCUT2D eigenvalue weighted by Crippen LogP contribution is -2.39. The number of hydrogen-bond donors (Lipinski definition) is 1. The van der Waals surface area contributed by atoms with Gasteiger partial charge in [0.25, 0.3) is 0 Å². The van der Waals surface area contributed by atoms with Crippen molar-refractivity contribution in [1.29, 1.82) is 0 Å². The van der Waals surface area contributed by atoms with Crippen LogP contribution in [0.1, 0.15) is 23.6 Å². The topological polar surface area (TPSA) is 25.6 Å². The Labute approximate surface area is 92.6 Å². The van der Waals surface area contributed by atoms with Gasteiger partial charge in [-0.25, -0.2) is 0 Å². The van der Waals surface area contributed by atoms with Crippen LogP contribution in [0, 0.1) is 0 Å². The van der Waals surface area contributed by atoms with Gasteiger partial charge in [0.05, 0.1) is 16.7 Å². The highest BCUT2D eigenvalue weighted by Crippen LogP contribution is 2.41. The fraction of sp³-hybridized carbons (Fsp3) is 0.300. The zero-order valence-corrected chi connectivity index (χ0v) is 8.58. The summed E-state index contributed by atoms with van der Waals surface area (Å²) in [6, 6.07) is 2.19. The van der Waals surface area contributed by atoms with Gasteiger partial charge >= 0.3 is 12.4 Å². The smallest absolute Gasteiger partial charge is 0.258 e. The number of benzene rings is 1. The van der Waals surface area contributed by atoms with E-state index < -0.39 is 29.0 Å². The quantitative estimate of drug-likeness (QED) is 0.589. The van der Waals surface area contributed by atoms with Crippen molar-refractivity contribution >= 4 is 5.71 Å². The monoisotopic (exact) mass is 256 g/mol. The summed E-state index contributed by atoms with van der Waals surface area (Å²) in [5, 5.41) is 5.17. The minimum absolute atomic E-state index is 0.316. The van der Waals surface area contributed by atoms with Crippen molar-refractivity contribution in [2.24, 2.45) is 0 Å². The van der Waals surface area contributed by atoms with Crippen molar-refractivity contribution in [2.45, 2.75) is 19.3 Å². The molecular weight excluding hydrogens is 248 g/mol. The van der Waals surface area contributed by atoms with Gasteiger partial charge in [-0.1, -0.05) is 6.07 Å². The SMILES string of the molecule is CC(=[NH2+])c1cccc(C(F)(F)F)c1C(F)(F)F. The summed E-state index contributed by atoms with van der Waals surface area (Å²) >= 11 is 0. The lowest BCUT2D eigenvalue weighted by molar-refractivity contribution is -0.162. The maximum absolute atomic E-state index is 12.6. The Balaban J connectivity index is 3.64. The van der Waals surface area contributed by atoms with E-state index in [9.17, 15) is 26.3 Å². The number of rotatable bonds is 1. The highest BCUT2D eigenvalue weighted by Gasteiger charge is 2.45. The first-order chi connectivity index (χ1) is 7.55. The maximum Gasteiger partial charge on any atom is 0.417 e. The predicted octanol–water partition coefficient (Wildman–Crippen LogP) is 2.29. The average molecular weight is 256 g/mol. The molecule has 0 amide bonds. The van der Waals surface area contributed by atoms with Gasteiger partial charge in [-0.3, -0.25) is 5.41 Å². The molecule has 0 aliphatic carbocycles. The second kappa shape index (κ2) is 4.05. The molecule has 1 nitrogen and oxygen atoms in total. The van der Waals surface area contributed by atoms with E-state index in [1.54, 1.807) is 0 Å². The van der Waals surface area contributed by atoms with Crippen molar-refractivity contribution in [1.82, 2.24) is 0 Å². The molecule has 0 heterocycles. The highest BCUT2D eigenvalue weighted by molar-refractivity contribution is 5.96. The van der Waals surface area contributed by atoms with Gasteiger partial charge in [0.1, 0.15) is 0 Å². The summed E-state index contributed by atoms with van der Waals surface area (Å²) in [4.78, 5) is 0. The number of halogens is 6. The van der Waals surface area contributed by atoms with Gasteiger partial charge in [-0.15, -0.1) is 0 Å². The van der Waals surface area contributed by atoms with Crippen molar-refractivity contribution in [3.05, 3.63) is 34.9 Å². The molecule has 2 N–H and O–H groups in total. The molecule has 17 heavy (non-hydrogen) atoms. The van der Waals surface area contributed by atoms with Gasteiger partial charge in [-0.05, 0) is 12.1 Å². The summed E-state index contributed by atoms with van der Waals surface area (Å²) in [6.07, 6.45) is -10.2. The fourth-order valence-electron chi connectivity index (χ4n) is 1.42. The van der Waals surface area contributed by atoms with Crippen LogP contribution in [0.25, 0.3) is 0 Å². The molecule has 1 rings (SSSR count). The summed E-state index contributed by atoms with van der Waals surface area (Å²) < 4.78 is 75.3. The van der Waals surface area contributed by atoms with Crippen LogP contribution in [-0.4, -0.2) is 5.71 Å². The Morgan fingerprint density at radius 3 is 1.88 bits per heavy atom. The van der Waals surface area contributed by atoms with E-state index in [1.807, 2.05) is 0 Å². The summed E-state index contributed by atoms with van der Waals surface area (Å²) in [6.45, 7) is 1.12. The Morgan fingerprint density at radius 1 is 1.00 bits per heavy atom. The maximum atomic E-state index is 12.6. The molecule has 0 saturated carbocycles. The van der Waals surface area contributed by atoms with Crippen LogP contribution in [-0.2, 0) is 12.4 Å². The van der Waals surface area contributed by atoms with Crippen molar-refractivity contribution in [2.75, 3.05) is 0 Å².